The molecule has 2 amide bonds. The lowest BCUT2D eigenvalue weighted by atomic mass is 9.91. The number of pyridine rings is 1. The molecule has 0 bridgehead atoms. The van der Waals surface area contributed by atoms with Gasteiger partial charge in [-0.2, -0.15) is 5.10 Å². The van der Waals surface area contributed by atoms with Gasteiger partial charge in [0.1, 0.15) is 0 Å². The fourth-order valence-corrected chi connectivity index (χ4v) is 4.40. The van der Waals surface area contributed by atoms with Crippen LogP contribution in [0.4, 0.5) is 0 Å². The highest BCUT2D eigenvalue weighted by Gasteiger charge is 2.34. The summed E-state index contributed by atoms with van der Waals surface area (Å²) in [6.45, 7) is 3.59. The molecule has 4 heterocycles. The third kappa shape index (κ3) is 5.02. The first-order chi connectivity index (χ1) is 14.2. The van der Waals surface area contributed by atoms with Crippen LogP contribution in [0.3, 0.4) is 0 Å². The van der Waals surface area contributed by atoms with Crippen molar-refractivity contribution in [1.82, 2.24) is 24.6 Å². The molecule has 4 rings (SSSR count). The van der Waals surface area contributed by atoms with Crippen LogP contribution in [0.2, 0.25) is 0 Å². The smallest absolute Gasteiger partial charge is 0.227 e. The van der Waals surface area contributed by atoms with E-state index in [2.05, 4.69) is 10.1 Å². The molecule has 2 aliphatic rings. The number of nitrogens with zero attached hydrogens (tertiary/aromatic N) is 5. The first kappa shape index (κ1) is 19.6. The molecule has 154 valence electrons. The molecule has 2 fully saturated rings. The molecule has 0 spiro atoms. The molecule has 0 saturated carbocycles. The summed E-state index contributed by atoms with van der Waals surface area (Å²) in [6, 6.07) is 7.67. The highest BCUT2D eigenvalue weighted by atomic mass is 16.2. The van der Waals surface area contributed by atoms with E-state index >= 15 is 0 Å². The van der Waals surface area contributed by atoms with Crippen molar-refractivity contribution in [1.29, 1.82) is 0 Å². The number of carbonyl (C=O) groups is 2. The molecular formula is C22H29N5O2. The molecule has 2 saturated heterocycles. The van der Waals surface area contributed by atoms with Gasteiger partial charge in [0.2, 0.25) is 11.8 Å². The van der Waals surface area contributed by atoms with Gasteiger partial charge in [0.05, 0.1) is 18.2 Å². The van der Waals surface area contributed by atoms with E-state index in [1.165, 1.54) is 0 Å². The summed E-state index contributed by atoms with van der Waals surface area (Å²) >= 11 is 0. The Labute approximate surface area is 171 Å². The molecule has 7 nitrogen and oxygen atoms in total. The quantitative estimate of drug-likeness (QED) is 0.753. The van der Waals surface area contributed by atoms with Crippen LogP contribution in [0.15, 0.2) is 42.9 Å². The molecule has 2 aromatic heterocycles. The summed E-state index contributed by atoms with van der Waals surface area (Å²) in [5, 5.41) is 4.26. The van der Waals surface area contributed by atoms with Gasteiger partial charge in [-0.3, -0.25) is 19.3 Å². The van der Waals surface area contributed by atoms with Crippen molar-refractivity contribution in [3.05, 3.63) is 48.5 Å². The molecule has 1 atom stereocenters. The van der Waals surface area contributed by atoms with Gasteiger partial charge in [-0.25, -0.2) is 0 Å². The molecule has 7 heteroatoms. The van der Waals surface area contributed by atoms with E-state index in [1.807, 2.05) is 46.2 Å². The Morgan fingerprint density at radius 3 is 2.69 bits per heavy atom. The fourth-order valence-electron chi connectivity index (χ4n) is 4.40. The van der Waals surface area contributed by atoms with Crippen LogP contribution in [-0.4, -0.2) is 56.0 Å². The van der Waals surface area contributed by atoms with Crippen LogP contribution in [0.25, 0.3) is 0 Å². The first-order valence-electron chi connectivity index (χ1n) is 10.6. The largest absolute Gasteiger partial charge is 0.342 e. The third-order valence-electron chi connectivity index (χ3n) is 6.18. The maximum absolute atomic E-state index is 13.1. The lowest BCUT2D eigenvalue weighted by Crippen LogP contribution is -2.48. The van der Waals surface area contributed by atoms with Crippen LogP contribution in [0.5, 0.6) is 0 Å². The lowest BCUT2D eigenvalue weighted by Gasteiger charge is -2.37. The lowest BCUT2D eigenvalue weighted by molar-refractivity contribution is -0.144. The Morgan fingerprint density at radius 1 is 1.10 bits per heavy atom. The minimum absolute atomic E-state index is 0.0861. The van der Waals surface area contributed by atoms with Gasteiger partial charge in [0.25, 0.3) is 0 Å². The van der Waals surface area contributed by atoms with E-state index in [-0.39, 0.29) is 17.7 Å². The zero-order valence-electron chi connectivity index (χ0n) is 16.8. The maximum Gasteiger partial charge on any atom is 0.227 e. The van der Waals surface area contributed by atoms with E-state index < -0.39 is 0 Å². The van der Waals surface area contributed by atoms with Crippen molar-refractivity contribution in [3.8, 4) is 0 Å². The van der Waals surface area contributed by atoms with Crippen molar-refractivity contribution in [3.63, 3.8) is 0 Å². The van der Waals surface area contributed by atoms with Gasteiger partial charge in [-0.05, 0) is 49.8 Å². The minimum Gasteiger partial charge on any atom is -0.342 e. The van der Waals surface area contributed by atoms with Gasteiger partial charge in [-0.1, -0.05) is 6.07 Å². The Balaban J connectivity index is 1.26. The average Bonchev–Trinajstić information content (AvgIpc) is 3.28. The van der Waals surface area contributed by atoms with Gasteiger partial charge in [-0.15, -0.1) is 0 Å². The van der Waals surface area contributed by atoms with Gasteiger partial charge >= 0.3 is 0 Å². The monoisotopic (exact) mass is 395 g/mol. The number of carbonyl (C=O) groups excluding carboxylic acids is 2. The third-order valence-corrected chi connectivity index (χ3v) is 6.18. The Bertz CT molecular complexity index is 800. The normalized spacial score (nSPS) is 20.8. The molecule has 0 aliphatic carbocycles. The van der Waals surface area contributed by atoms with Crippen molar-refractivity contribution in [2.45, 2.75) is 45.2 Å². The number of aromatic nitrogens is 3. The Hall–Kier alpha value is -2.70. The van der Waals surface area contributed by atoms with Crippen LogP contribution >= 0.6 is 0 Å². The number of piperidine rings is 2. The number of rotatable bonds is 6. The predicted octanol–water partition coefficient (Wildman–Crippen LogP) is 2.35. The molecule has 0 aromatic carbocycles. The van der Waals surface area contributed by atoms with Gasteiger partial charge < -0.3 is 9.80 Å². The number of aryl methyl sites for hydroxylation is 1. The number of amides is 2. The maximum atomic E-state index is 13.1. The molecular weight excluding hydrogens is 366 g/mol. The highest BCUT2D eigenvalue weighted by Crippen LogP contribution is 2.26. The Kier molecular flexibility index (Phi) is 6.22. The second-order valence-corrected chi connectivity index (χ2v) is 8.16. The van der Waals surface area contributed by atoms with Crippen molar-refractivity contribution < 1.29 is 9.59 Å². The number of likely N-dealkylation sites (tertiary alicyclic amines) is 2. The molecule has 0 unspecified atom stereocenters. The highest BCUT2D eigenvalue weighted by molar-refractivity contribution is 5.84. The Morgan fingerprint density at radius 2 is 1.97 bits per heavy atom. The molecule has 2 aromatic rings. The second kappa shape index (κ2) is 9.20. The van der Waals surface area contributed by atoms with Crippen LogP contribution in [0.1, 0.15) is 37.8 Å². The van der Waals surface area contributed by atoms with E-state index in [1.54, 1.807) is 11.1 Å². The summed E-state index contributed by atoms with van der Waals surface area (Å²) in [4.78, 5) is 33.5. The van der Waals surface area contributed by atoms with E-state index in [9.17, 15) is 9.59 Å². The topological polar surface area (TPSA) is 71.3 Å². The van der Waals surface area contributed by atoms with Crippen LogP contribution in [0, 0.1) is 11.8 Å². The summed E-state index contributed by atoms with van der Waals surface area (Å²) in [6.07, 6.45) is 9.88. The van der Waals surface area contributed by atoms with E-state index in [0.717, 1.165) is 44.6 Å². The van der Waals surface area contributed by atoms with Gasteiger partial charge in [0.15, 0.2) is 0 Å². The van der Waals surface area contributed by atoms with Crippen LogP contribution in [-0.2, 0) is 22.7 Å². The van der Waals surface area contributed by atoms with Crippen LogP contribution < -0.4 is 0 Å². The fraction of sp³-hybridized carbons (Fsp3) is 0.545. The minimum atomic E-state index is -0.0861. The van der Waals surface area contributed by atoms with E-state index in [4.69, 9.17) is 0 Å². The molecule has 2 aliphatic heterocycles. The van der Waals surface area contributed by atoms with E-state index in [0.29, 0.717) is 31.8 Å². The average molecular weight is 396 g/mol. The van der Waals surface area contributed by atoms with Gasteiger partial charge in [0, 0.05) is 51.2 Å². The zero-order valence-corrected chi connectivity index (χ0v) is 16.8. The molecule has 0 radical (unpaired) electrons. The van der Waals surface area contributed by atoms with Crippen molar-refractivity contribution >= 4 is 11.8 Å². The molecule has 29 heavy (non-hydrogen) atoms. The van der Waals surface area contributed by atoms with Crippen molar-refractivity contribution in [2.75, 3.05) is 19.6 Å². The predicted molar refractivity (Wildman–Crippen MR) is 109 cm³/mol. The summed E-state index contributed by atoms with van der Waals surface area (Å²) in [7, 11) is 0. The first-order valence-corrected chi connectivity index (χ1v) is 10.6. The number of hydrogen-bond donors (Lipinski definition) is 0. The second-order valence-electron chi connectivity index (χ2n) is 8.16. The summed E-state index contributed by atoms with van der Waals surface area (Å²) < 4.78 is 1.98. The zero-order chi connectivity index (χ0) is 20.1. The standard InChI is InChI=1S/C22H29N5O2/c28-21-6-5-19(16-26(21)17-20-4-1-2-10-23-20)22(29)25-13-7-18(8-14-25)9-15-27-12-3-11-24-27/h1-4,10-12,18-19H,5-9,13-17H2/t19-/m1/s1. The SMILES string of the molecule is O=C1CC[C@@H](C(=O)N2CCC(CCn3cccn3)CC2)CN1Cc1ccccn1. The number of hydrogen-bond acceptors (Lipinski definition) is 4. The molecule has 0 N–H and O–H groups in total. The van der Waals surface area contributed by atoms with Crippen molar-refractivity contribution in [2.24, 2.45) is 11.8 Å². The summed E-state index contributed by atoms with van der Waals surface area (Å²) in [5.41, 5.74) is 0.868. The summed E-state index contributed by atoms with van der Waals surface area (Å²) in [5.74, 6) is 0.903.